The highest BCUT2D eigenvalue weighted by molar-refractivity contribution is 5.05. The minimum Gasteiger partial charge on any atom is -0.389 e. The summed E-state index contributed by atoms with van der Waals surface area (Å²) in [7, 11) is 0. The van der Waals surface area contributed by atoms with Crippen molar-refractivity contribution in [1.29, 1.82) is 0 Å². The third-order valence-electron chi connectivity index (χ3n) is 4.57. The second kappa shape index (κ2) is 7.05. The van der Waals surface area contributed by atoms with E-state index < -0.39 is 0 Å². The highest BCUT2D eigenvalue weighted by Gasteiger charge is 2.53. The van der Waals surface area contributed by atoms with Crippen LogP contribution in [0.15, 0.2) is 0 Å². The molecule has 0 radical (unpaired) electrons. The quantitative estimate of drug-likeness (QED) is 0.567. The number of aliphatic hydroxyl groups is 1. The van der Waals surface area contributed by atoms with Crippen LogP contribution >= 0.6 is 0 Å². The third kappa shape index (κ3) is 5.41. The predicted molar refractivity (Wildman–Crippen MR) is 78.2 cm³/mol. The van der Waals surface area contributed by atoms with Crippen LogP contribution in [0.25, 0.3) is 0 Å². The second-order valence-electron chi connectivity index (χ2n) is 7.03. The maximum absolute atomic E-state index is 9.84. The average molecular weight is 269 g/mol. The maximum atomic E-state index is 9.84. The van der Waals surface area contributed by atoms with Crippen LogP contribution < -0.4 is 5.32 Å². The van der Waals surface area contributed by atoms with Gasteiger partial charge in [0.05, 0.1) is 12.7 Å². The summed E-state index contributed by atoms with van der Waals surface area (Å²) in [6.45, 7) is 7.49. The molecule has 3 nitrogen and oxygen atoms in total. The SMILES string of the molecule is CC(C)CCCOCC(O)CNCC1(C2CC2)CC1. The first-order chi connectivity index (χ1) is 9.12. The molecule has 0 aromatic carbocycles. The number of rotatable bonds is 11. The third-order valence-corrected chi connectivity index (χ3v) is 4.57. The van der Waals surface area contributed by atoms with Crippen molar-refractivity contribution in [3.8, 4) is 0 Å². The molecular weight excluding hydrogens is 238 g/mol. The van der Waals surface area contributed by atoms with E-state index in [1.54, 1.807) is 0 Å². The molecule has 112 valence electrons. The smallest absolute Gasteiger partial charge is 0.0897 e. The standard InChI is InChI=1S/C16H31NO2/c1-13(2)4-3-9-19-11-15(18)10-17-12-16(7-8-16)14-5-6-14/h13-15,17-18H,3-12H2,1-2H3. The highest BCUT2D eigenvalue weighted by Crippen LogP contribution is 2.60. The Morgan fingerprint density at radius 2 is 2.05 bits per heavy atom. The summed E-state index contributed by atoms with van der Waals surface area (Å²) in [5.74, 6) is 1.73. The van der Waals surface area contributed by atoms with Crippen molar-refractivity contribution >= 4 is 0 Å². The van der Waals surface area contributed by atoms with Gasteiger partial charge in [0.15, 0.2) is 0 Å². The first-order valence-corrected chi connectivity index (χ1v) is 8.09. The first-order valence-electron chi connectivity index (χ1n) is 8.09. The Bertz CT molecular complexity index is 259. The lowest BCUT2D eigenvalue weighted by Crippen LogP contribution is -2.34. The minimum absolute atomic E-state index is 0.353. The fourth-order valence-corrected chi connectivity index (χ4v) is 2.95. The molecule has 2 saturated carbocycles. The lowest BCUT2D eigenvalue weighted by atomic mass is 10.0. The fourth-order valence-electron chi connectivity index (χ4n) is 2.95. The van der Waals surface area contributed by atoms with Gasteiger partial charge in [0.2, 0.25) is 0 Å². The van der Waals surface area contributed by atoms with Gasteiger partial charge in [-0.2, -0.15) is 0 Å². The molecule has 2 fully saturated rings. The Morgan fingerprint density at radius 3 is 2.63 bits per heavy atom. The van der Waals surface area contributed by atoms with Gasteiger partial charge in [-0.3, -0.25) is 0 Å². The molecule has 0 saturated heterocycles. The summed E-state index contributed by atoms with van der Waals surface area (Å²) in [5, 5.41) is 13.3. The minimum atomic E-state index is -0.353. The van der Waals surface area contributed by atoms with E-state index in [0.29, 0.717) is 18.6 Å². The Hall–Kier alpha value is -0.120. The lowest BCUT2D eigenvalue weighted by molar-refractivity contribution is 0.0341. The van der Waals surface area contributed by atoms with Crippen molar-refractivity contribution in [1.82, 2.24) is 5.32 Å². The van der Waals surface area contributed by atoms with Gasteiger partial charge < -0.3 is 15.2 Å². The Labute approximate surface area is 118 Å². The van der Waals surface area contributed by atoms with Crippen LogP contribution in [0.1, 0.15) is 52.4 Å². The number of nitrogens with one attached hydrogen (secondary N) is 1. The highest BCUT2D eigenvalue weighted by atomic mass is 16.5. The molecule has 0 aromatic heterocycles. The predicted octanol–water partition coefficient (Wildman–Crippen LogP) is 2.58. The number of hydrogen-bond donors (Lipinski definition) is 2. The van der Waals surface area contributed by atoms with E-state index in [9.17, 15) is 5.11 Å². The first kappa shape index (κ1) is 15.3. The van der Waals surface area contributed by atoms with Crippen LogP contribution in [0.5, 0.6) is 0 Å². The molecule has 19 heavy (non-hydrogen) atoms. The maximum Gasteiger partial charge on any atom is 0.0897 e. The van der Waals surface area contributed by atoms with Gasteiger partial charge in [-0.25, -0.2) is 0 Å². The van der Waals surface area contributed by atoms with Gasteiger partial charge in [-0.05, 0) is 55.8 Å². The summed E-state index contributed by atoms with van der Waals surface area (Å²) < 4.78 is 5.51. The van der Waals surface area contributed by atoms with Crippen LogP contribution in [-0.2, 0) is 4.74 Å². The molecule has 1 atom stereocenters. The zero-order valence-electron chi connectivity index (χ0n) is 12.7. The van der Waals surface area contributed by atoms with Crippen molar-refractivity contribution in [3.05, 3.63) is 0 Å². The van der Waals surface area contributed by atoms with Gasteiger partial charge in [0, 0.05) is 19.7 Å². The monoisotopic (exact) mass is 269 g/mol. The van der Waals surface area contributed by atoms with Crippen LogP contribution in [0.2, 0.25) is 0 Å². The normalized spacial score (nSPS) is 22.7. The van der Waals surface area contributed by atoms with E-state index in [0.717, 1.165) is 31.4 Å². The average Bonchev–Trinajstić information content (AvgIpc) is 3.21. The van der Waals surface area contributed by atoms with Crippen LogP contribution in [0.4, 0.5) is 0 Å². The zero-order valence-corrected chi connectivity index (χ0v) is 12.7. The van der Waals surface area contributed by atoms with Crippen molar-refractivity contribution in [2.24, 2.45) is 17.3 Å². The molecule has 2 aliphatic carbocycles. The van der Waals surface area contributed by atoms with Gasteiger partial charge >= 0.3 is 0 Å². The summed E-state index contributed by atoms with van der Waals surface area (Å²) >= 11 is 0. The van der Waals surface area contributed by atoms with Crippen molar-refractivity contribution in [2.75, 3.05) is 26.3 Å². The fraction of sp³-hybridized carbons (Fsp3) is 1.00. The summed E-state index contributed by atoms with van der Waals surface area (Å²) in [6.07, 6.45) is 7.61. The summed E-state index contributed by atoms with van der Waals surface area (Å²) in [5.41, 5.74) is 0.623. The van der Waals surface area contributed by atoms with Gasteiger partial charge in [-0.1, -0.05) is 13.8 Å². The van der Waals surface area contributed by atoms with Crippen molar-refractivity contribution in [2.45, 2.75) is 58.5 Å². The molecular formula is C16H31NO2. The Kier molecular flexibility index (Phi) is 5.67. The zero-order chi connectivity index (χ0) is 13.7. The van der Waals surface area contributed by atoms with E-state index in [4.69, 9.17) is 4.74 Å². The molecule has 2 aliphatic rings. The largest absolute Gasteiger partial charge is 0.389 e. The number of aliphatic hydroxyl groups excluding tert-OH is 1. The molecule has 0 bridgehead atoms. The molecule has 2 rings (SSSR count). The second-order valence-corrected chi connectivity index (χ2v) is 7.03. The van der Waals surface area contributed by atoms with E-state index in [1.165, 1.54) is 32.1 Å². The van der Waals surface area contributed by atoms with E-state index >= 15 is 0 Å². The van der Waals surface area contributed by atoms with E-state index in [2.05, 4.69) is 19.2 Å². The topological polar surface area (TPSA) is 41.5 Å². The number of ether oxygens (including phenoxy) is 1. The molecule has 1 unspecified atom stereocenters. The Balaban J connectivity index is 1.42. The van der Waals surface area contributed by atoms with Crippen LogP contribution in [0.3, 0.4) is 0 Å². The summed E-state index contributed by atoms with van der Waals surface area (Å²) in [4.78, 5) is 0. The van der Waals surface area contributed by atoms with Crippen molar-refractivity contribution < 1.29 is 9.84 Å². The Morgan fingerprint density at radius 1 is 1.32 bits per heavy atom. The summed E-state index contributed by atoms with van der Waals surface area (Å²) in [6, 6.07) is 0. The van der Waals surface area contributed by atoms with E-state index in [1.807, 2.05) is 0 Å². The molecule has 0 heterocycles. The molecule has 0 aromatic rings. The molecule has 2 N–H and O–H groups in total. The molecule has 0 amide bonds. The van der Waals surface area contributed by atoms with E-state index in [-0.39, 0.29) is 6.10 Å². The van der Waals surface area contributed by atoms with Crippen LogP contribution in [-0.4, -0.2) is 37.5 Å². The molecule has 0 spiro atoms. The molecule has 0 aliphatic heterocycles. The van der Waals surface area contributed by atoms with Crippen molar-refractivity contribution in [3.63, 3.8) is 0 Å². The number of hydrogen-bond acceptors (Lipinski definition) is 3. The van der Waals surface area contributed by atoms with Gasteiger partial charge in [0.25, 0.3) is 0 Å². The van der Waals surface area contributed by atoms with Crippen LogP contribution in [0, 0.1) is 17.3 Å². The molecule has 3 heteroatoms. The van der Waals surface area contributed by atoms with Gasteiger partial charge in [-0.15, -0.1) is 0 Å². The lowest BCUT2D eigenvalue weighted by Gasteiger charge is -2.17. The van der Waals surface area contributed by atoms with Gasteiger partial charge in [0.1, 0.15) is 0 Å².